The molecular formula is C15H11N5S. The Bertz CT molecular complexity index is 880. The number of hydrogen-bond donors (Lipinski definition) is 0. The Balaban J connectivity index is 1.63. The number of nitrogens with zero attached hydrogens (tertiary/aromatic N) is 5. The Morgan fingerprint density at radius 1 is 1.14 bits per heavy atom. The molecule has 0 amide bonds. The highest BCUT2D eigenvalue weighted by Crippen LogP contribution is 2.27. The van der Waals surface area contributed by atoms with Gasteiger partial charge in [0.15, 0.2) is 0 Å². The van der Waals surface area contributed by atoms with Crippen molar-refractivity contribution in [3.8, 4) is 0 Å². The Kier molecular flexibility index (Phi) is 3.01. The second kappa shape index (κ2) is 5.14. The van der Waals surface area contributed by atoms with E-state index in [0.717, 1.165) is 33.0 Å². The molecular weight excluding hydrogens is 282 g/mol. The van der Waals surface area contributed by atoms with Crippen LogP contribution < -0.4 is 0 Å². The molecule has 0 spiro atoms. The monoisotopic (exact) mass is 293 g/mol. The van der Waals surface area contributed by atoms with Gasteiger partial charge in [-0.1, -0.05) is 36.0 Å². The van der Waals surface area contributed by atoms with E-state index in [2.05, 4.69) is 26.2 Å². The second-order valence-corrected chi connectivity index (χ2v) is 5.55. The highest BCUT2D eigenvalue weighted by molar-refractivity contribution is 7.98. The number of aromatic nitrogens is 5. The van der Waals surface area contributed by atoms with Gasteiger partial charge in [-0.3, -0.25) is 4.40 Å². The van der Waals surface area contributed by atoms with Crippen molar-refractivity contribution in [3.05, 3.63) is 60.8 Å². The molecule has 0 aliphatic rings. The van der Waals surface area contributed by atoms with Gasteiger partial charge in [-0.15, -0.1) is 5.10 Å². The Hall–Kier alpha value is -2.47. The first-order valence-corrected chi connectivity index (χ1v) is 7.50. The summed E-state index contributed by atoms with van der Waals surface area (Å²) in [6.07, 6.45) is 7.47. The van der Waals surface area contributed by atoms with Gasteiger partial charge in [0.25, 0.3) is 0 Å². The molecule has 1 aromatic carbocycles. The molecule has 0 unspecified atom stereocenters. The molecule has 0 aliphatic carbocycles. The zero-order valence-electron chi connectivity index (χ0n) is 11.0. The third kappa shape index (κ3) is 2.34. The molecule has 4 aromatic rings. The van der Waals surface area contributed by atoms with Crippen LogP contribution in [-0.4, -0.2) is 24.6 Å². The van der Waals surface area contributed by atoms with Crippen LogP contribution in [0.2, 0.25) is 0 Å². The minimum Gasteiger partial charge on any atom is -0.291 e. The van der Waals surface area contributed by atoms with E-state index in [1.807, 2.05) is 41.1 Å². The maximum atomic E-state index is 4.49. The van der Waals surface area contributed by atoms with E-state index in [4.69, 9.17) is 0 Å². The zero-order chi connectivity index (χ0) is 14.1. The summed E-state index contributed by atoms with van der Waals surface area (Å²) in [7, 11) is 0. The summed E-state index contributed by atoms with van der Waals surface area (Å²) in [6, 6.07) is 10.0. The summed E-state index contributed by atoms with van der Waals surface area (Å²) >= 11 is 1.64. The van der Waals surface area contributed by atoms with Gasteiger partial charge >= 0.3 is 0 Å². The van der Waals surface area contributed by atoms with E-state index >= 15 is 0 Å². The lowest BCUT2D eigenvalue weighted by Crippen LogP contribution is -1.88. The fraction of sp³-hybridized carbons (Fsp3) is 0.0667. The smallest absolute Gasteiger partial charge is 0.233 e. The van der Waals surface area contributed by atoms with Gasteiger partial charge in [0.05, 0.1) is 11.9 Å². The third-order valence-corrected chi connectivity index (χ3v) is 4.19. The van der Waals surface area contributed by atoms with Crippen molar-refractivity contribution >= 4 is 28.3 Å². The Morgan fingerprint density at radius 3 is 3.05 bits per heavy atom. The van der Waals surface area contributed by atoms with Crippen LogP contribution in [0.1, 0.15) is 5.69 Å². The molecule has 0 saturated carbocycles. The van der Waals surface area contributed by atoms with Crippen molar-refractivity contribution in [1.82, 2.24) is 24.6 Å². The first-order chi connectivity index (χ1) is 10.4. The summed E-state index contributed by atoms with van der Waals surface area (Å²) in [4.78, 5) is 8.71. The van der Waals surface area contributed by atoms with Crippen LogP contribution in [0.4, 0.5) is 0 Å². The van der Waals surface area contributed by atoms with Crippen molar-refractivity contribution in [3.63, 3.8) is 0 Å². The molecule has 3 heterocycles. The molecule has 0 bridgehead atoms. The SMILES string of the molecule is c1ccc2c(SCc3cn4cccnc4n3)nncc2c1. The quantitative estimate of drug-likeness (QED) is 0.544. The minimum absolute atomic E-state index is 0.720. The highest BCUT2D eigenvalue weighted by atomic mass is 32.2. The predicted octanol–water partition coefficient (Wildman–Crippen LogP) is 2.96. The number of fused-ring (bicyclic) bond motifs is 2. The largest absolute Gasteiger partial charge is 0.291 e. The maximum absolute atomic E-state index is 4.49. The van der Waals surface area contributed by atoms with E-state index < -0.39 is 0 Å². The number of rotatable bonds is 3. The van der Waals surface area contributed by atoms with Crippen LogP contribution >= 0.6 is 11.8 Å². The van der Waals surface area contributed by atoms with E-state index in [9.17, 15) is 0 Å². The van der Waals surface area contributed by atoms with E-state index in [1.165, 1.54) is 0 Å². The fourth-order valence-electron chi connectivity index (χ4n) is 2.20. The van der Waals surface area contributed by atoms with Crippen LogP contribution in [0.15, 0.2) is 60.1 Å². The third-order valence-electron chi connectivity index (χ3n) is 3.18. The fourth-order valence-corrected chi connectivity index (χ4v) is 3.07. The normalized spacial score (nSPS) is 11.2. The van der Waals surface area contributed by atoms with Gasteiger partial charge < -0.3 is 0 Å². The molecule has 0 N–H and O–H groups in total. The summed E-state index contributed by atoms with van der Waals surface area (Å²) in [5, 5.41) is 11.5. The van der Waals surface area contributed by atoms with Gasteiger partial charge in [0, 0.05) is 35.1 Å². The van der Waals surface area contributed by atoms with Crippen LogP contribution in [0.25, 0.3) is 16.6 Å². The van der Waals surface area contributed by atoms with E-state index in [0.29, 0.717) is 0 Å². The first kappa shape index (κ1) is 12.3. The van der Waals surface area contributed by atoms with E-state index in [-0.39, 0.29) is 0 Å². The van der Waals surface area contributed by atoms with Gasteiger partial charge in [0.2, 0.25) is 5.78 Å². The average molecular weight is 293 g/mol. The number of benzene rings is 1. The molecule has 102 valence electrons. The molecule has 4 rings (SSSR count). The number of hydrogen-bond acceptors (Lipinski definition) is 5. The molecule has 0 atom stereocenters. The molecule has 0 radical (unpaired) electrons. The van der Waals surface area contributed by atoms with Gasteiger partial charge in [-0.25, -0.2) is 9.97 Å². The zero-order valence-corrected chi connectivity index (χ0v) is 11.9. The van der Waals surface area contributed by atoms with Crippen molar-refractivity contribution in [2.75, 3.05) is 0 Å². The lowest BCUT2D eigenvalue weighted by molar-refractivity contribution is 0.955. The van der Waals surface area contributed by atoms with Crippen molar-refractivity contribution < 1.29 is 0 Å². The number of imidazole rings is 1. The van der Waals surface area contributed by atoms with Crippen LogP contribution in [0.5, 0.6) is 0 Å². The van der Waals surface area contributed by atoms with Crippen molar-refractivity contribution in [2.45, 2.75) is 10.8 Å². The summed E-state index contributed by atoms with van der Waals surface area (Å²) in [5.41, 5.74) is 0.980. The molecule has 21 heavy (non-hydrogen) atoms. The standard InChI is InChI=1S/C15H11N5S/c1-2-5-13-11(4-1)8-17-19-14(13)21-10-12-9-20-7-3-6-16-15(20)18-12/h1-9H,10H2. The average Bonchev–Trinajstić information content (AvgIpc) is 2.96. The van der Waals surface area contributed by atoms with Gasteiger partial charge in [-0.05, 0) is 6.07 Å². The summed E-state index contributed by atoms with van der Waals surface area (Å²) in [6.45, 7) is 0. The lowest BCUT2D eigenvalue weighted by Gasteiger charge is -2.02. The second-order valence-electron chi connectivity index (χ2n) is 4.58. The molecule has 6 heteroatoms. The molecule has 5 nitrogen and oxygen atoms in total. The lowest BCUT2D eigenvalue weighted by atomic mass is 10.2. The minimum atomic E-state index is 0.720. The van der Waals surface area contributed by atoms with Crippen LogP contribution in [0, 0.1) is 0 Å². The molecule has 0 fully saturated rings. The first-order valence-electron chi connectivity index (χ1n) is 6.52. The van der Waals surface area contributed by atoms with Gasteiger partial charge in [-0.2, -0.15) is 5.10 Å². The Labute approximate surface area is 125 Å². The van der Waals surface area contributed by atoms with Crippen molar-refractivity contribution in [2.24, 2.45) is 0 Å². The topological polar surface area (TPSA) is 56.0 Å². The summed E-state index contributed by atoms with van der Waals surface area (Å²) in [5.74, 6) is 1.46. The number of thioether (sulfide) groups is 1. The summed E-state index contributed by atoms with van der Waals surface area (Å²) < 4.78 is 1.92. The highest BCUT2D eigenvalue weighted by Gasteiger charge is 2.07. The van der Waals surface area contributed by atoms with Gasteiger partial charge in [0.1, 0.15) is 5.03 Å². The predicted molar refractivity (Wildman–Crippen MR) is 82.1 cm³/mol. The van der Waals surface area contributed by atoms with E-state index in [1.54, 1.807) is 24.2 Å². The van der Waals surface area contributed by atoms with Crippen LogP contribution in [0.3, 0.4) is 0 Å². The van der Waals surface area contributed by atoms with Crippen molar-refractivity contribution in [1.29, 1.82) is 0 Å². The molecule has 0 aliphatic heterocycles. The Morgan fingerprint density at radius 2 is 2.10 bits per heavy atom. The molecule has 0 saturated heterocycles. The maximum Gasteiger partial charge on any atom is 0.233 e. The molecule has 3 aromatic heterocycles. The van der Waals surface area contributed by atoms with Crippen LogP contribution in [-0.2, 0) is 5.75 Å².